The van der Waals surface area contributed by atoms with Crippen molar-refractivity contribution in [1.82, 2.24) is 9.80 Å². The molecule has 1 aromatic carbocycles. The van der Waals surface area contributed by atoms with Gasteiger partial charge in [0.15, 0.2) is 0 Å². The van der Waals surface area contributed by atoms with E-state index < -0.39 is 0 Å². The normalized spacial score (nSPS) is 22.9. The van der Waals surface area contributed by atoms with E-state index in [4.69, 9.17) is 0 Å². The van der Waals surface area contributed by atoms with Crippen molar-refractivity contribution in [2.75, 3.05) is 33.7 Å². The lowest BCUT2D eigenvalue weighted by Crippen LogP contribution is -2.51. The smallest absolute Gasteiger partial charge is 0.0596 e. The Kier molecular flexibility index (Phi) is 5.19. The molecule has 2 rings (SSSR count). The van der Waals surface area contributed by atoms with Crippen LogP contribution in [0.25, 0.3) is 0 Å². The fourth-order valence-electron chi connectivity index (χ4n) is 3.16. The Balaban J connectivity index is 1.96. The average Bonchev–Trinajstić information content (AvgIpc) is 2.38. The van der Waals surface area contributed by atoms with Gasteiger partial charge < -0.3 is 14.9 Å². The van der Waals surface area contributed by atoms with Crippen LogP contribution in [-0.2, 0) is 6.42 Å². The number of nitrogens with zero attached hydrogens (tertiary/aromatic N) is 2. The minimum atomic E-state index is -0.256. The zero-order valence-electron chi connectivity index (χ0n) is 13.3. The van der Waals surface area contributed by atoms with Crippen LogP contribution < -0.4 is 0 Å². The standard InChI is InChI=1S/C17H28N2O/c1-13-6-5-7-14(2)17(13)11-16(20)10-15-12-18(3)8-9-19(15)4/h5-7,15-16,20H,8-12H2,1-4H3. The summed E-state index contributed by atoms with van der Waals surface area (Å²) < 4.78 is 0. The van der Waals surface area contributed by atoms with Crippen molar-refractivity contribution in [3.05, 3.63) is 34.9 Å². The van der Waals surface area contributed by atoms with Crippen molar-refractivity contribution in [1.29, 1.82) is 0 Å². The molecule has 0 spiro atoms. The number of benzene rings is 1. The highest BCUT2D eigenvalue weighted by Crippen LogP contribution is 2.19. The zero-order valence-corrected chi connectivity index (χ0v) is 13.3. The highest BCUT2D eigenvalue weighted by molar-refractivity contribution is 5.33. The second-order valence-electron chi connectivity index (χ2n) is 6.36. The van der Waals surface area contributed by atoms with Gasteiger partial charge in [-0.2, -0.15) is 0 Å². The van der Waals surface area contributed by atoms with Gasteiger partial charge in [-0.1, -0.05) is 18.2 Å². The summed E-state index contributed by atoms with van der Waals surface area (Å²) in [5.74, 6) is 0. The van der Waals surface area contributed by atoms with Crippen molar-refractivity contribution < 1.29 is 5.11 Å². The predicted molar refractivity (Wildman–Crippen MR) is 84.2 cm³/mol. The van der Waals surface area contributed by atoms with Gasteiger partial charge in [-0.15, -0.1) is 0 Å². The molecule has 0 radical (unpaired) electrons. The molecular weight excluding hydrogens is 248 g/mol. The van der Waals surface area contributed by atoms with E-state index in [0.29, 0.717) is 6.04 Å². The number of likely N-dealkylation sites (N-methyl/N-ethyl adjacent to an activating group) is 2. The van der Waals surface area contributed by atoms with Crippen LogP contribution in [0.3, 0.4) is 0 Å². The van der Waals surface area contributed by atoms with Crippen molar-refractivity contribution >= 4 is 0 Å². The highest BCUT2D eigenvalue weighted by Gasteiger charge is 2.24. The molecule has 1 aromatic rings. The van der Waals surface area contributed by atoms with E-state index >= 15 is 0 Å². The van der Waals surface area contributed by atoms with Crippen LogP contribution in [-0.4, -0.2) is 60.8 Å². The summed E-state index contributed by atoms with van der Waals surface area (Å²) in [5, 5.41) is 10.5. The Morgan fingerprint density at radius 3 is 2.50 bits per heavy atom. The van der Waals surface area contributed by atoms with Gasteiger partial charge in [0.1, 0.15) is 0 Å². The van der Waals surface area contributed by atoms with E-state index in [2.05, 4.69) is 55.9 Å². The van der Waals surface area contributed by atoms with E-state index in [-0.39, 0.29) is 6.10 Å². The van der Waals surface area contributed by atoms with Gasteiger partial charge in [0.2, 0.25) is 0 Å². The molecule has 0 amide bonds. The fourth-order valence-corrected chi connectivity index (χ4v) is 3.16. The van der Waals surface area contributed by atoms with Gasteiger partial charge >= 0.3 is 0 Å². The lowest BCUT2D eigenvalue weighted by atomic mass is 9.94. The van der Waals surface area contributed by atoms with Crippen LogP contribution in [0.5, 0.6) is 0 Å². The van der Waals surface area contributed by atoms with E-state index in [0.717, 1.165) is 32.5 Å². The minimum absolute atomic E-state index is 0.256. The summed E-state index contributed by atoms with van der Waals surface area (Å²) in [5.41, 5.74) is 3.89. The Morgan fingerprint density at radius 2 is 1.85 bits per heavy atom. The second-order valence-corrected chi connectivity index (χ2v) is 6.36. The number of hydrogen-bond donors (Lipinski definition) is 1. The van der Waals surface area contributed by atoms with Gasteiger partial charge in [-0.3, -0.25) is 0 Å². The molecule has 1 fully saturated rings. The number of aliphatic hydroxyl groups is 1. The third-order valence-corrected chi connectivity index (χ3v) is 4.61. The molecule has 20 heavy (non-hydrogen) atoms. The molecule has 1 saturated heterocycles. The maximum atomic E-state index is 10.5. The number of aryl methyl sites for hydroxylation is 2. The molecule has 0 saturated carbocycles. The van der Waals surface area contributed by atoms with Crippen molar-refractivity contribution in [3.63, 3.8) is 0 Å². The Hall–Kier alpha value is -0.900. The van der Waals surface area contributed by atoms with E-state index in [1.165, 1.54) is 16.7 Å². The maximum absolute atomic E-state index is 10.5. The van der Waals surface area contributed by atoms with Crippen molar-refractivity contribution in [2.24, 2.45) is 0 Å². The monoisotopic (exact) mass is 276 g/mol. The third-order valence-electron chi connectivity index (χ3n) is 4.61. The topological polar surface area (TPSA) is 26.7 Å². The predicted octanol–water partition coefficient (Wildman–Crippen LogP) is 1.84. The van der Waals surface area contributed by atoms with Crippen LogP contribution in [0.1, 0.15) is 23.1 Å². The van der Waals surface area contributed by atoms with Gasteiger partial charge in [-0.25, -0.2) is 0 Å². The quantitative estimate of drug-likeness (QED) is 0.909. The Labute approximate surface area is 123 Å². The van der Waals surface area contributed by atoms with Crippen molar-refractivity contribution in [3.8, 4) is 0 Å². The Morgan fingerprint density at radius 1 is 1.20 bits per heavy atom. The van der Waals surface area contributed by atoms with Gasteiger partial charge in [0.05, 0.1) is 6.10 Å². The highest BCUT2D eigenvalue weighted by atomic mass is 16.3. The summed E-state index contributed by atoms with van der Waals surface area (Å²) in [7, 11) is 4.33. The second kappa shape index (κ2) is 6.70. The molecule has 0 aliphatic carbocycles. The van der Waals surface area contributed by atoms with Gasteiger partial charge in [-0.05, 0) is 57.5 Å². The SMILES string of the molecule is Cc1cccc(C)c1CC(O)CC1CN(C)CCN1C. The first-order valence-electron chi connectivity index (χ1n) is 7.59. The minimum Gasteiger partial charge on any atom is -0.393 e. The first kappa shape index (κ1) is 15.5. The van der Waals surface area contributed by atoms with E-state index in [1.807, 2.05) is 0 Å². The molecule has 1 aliphatic rings. The van der Waals surface area contributed by atoms with Gasteiger partial charge in [0.25, 0.3) is 0 Å². The fraction of sp³-hybridized carbons (Fsp3) is 0.647. The molecule has 0 aromatic heterocycles. The summed E-state index contributed by atoms with van der Waals surface area (Å²) in [4.78, 5) is 4.74. The van der Waals surface area contributed by atoms with Crippen LogP contribution in [0.2, 0.25) is 0 Å². The van der Waals surface area contributed by atoms with Crippen molar-refractivity contribution in [2.45, 2.75) is 38.8 Å². The summed E-state index contributed by atoms with van der Waals surface area (Å²) in [6.07, 6.45) is 1.37. The third kappa shape index (κ3) is 3.81. The molecule has 0 bridgehead atoms. The van der Waals surface area contributed by atoms with Gasteiger partial charge in [0, 0.05) is 25.7 Å². The van der Waals surface area contributed by atoms with E-state index in [1.54, 1.807) is 0 Å². The van der Waals surface area contributed by atoms with Crippen LogP contribution in [0.15, 0.2) is 18.2 Å². The first-order chi connectivity index (χ1) is 9.47. The summed E-state index contributed by atoms with van der Waals surface area (Å²) in [6, 6.07) is 6.82. The molecule has 3 nitrogen and oxygen atoms in total. The summed E-state index contributed by atoms with van der Waals surface area (Å²) in [6.45, 7) is 7.54. The lowest BCUT2D eigenvalue weighted by Gasteiger charge is -2.38. The van der Waals surface area contributed by atoms with Crippen LogP contribution in [0, 0.1) is 13.8 Å². The molecule has 1 N–H and O–H groups in total. The number of piperazine rings is 1. The van der Waals surface area contributed by atoms with Crippen LogP contribution >= 0.6 is 0 Å². The molecule has 2 unspecified atom stereocenters. The molecular formula is C17H28N2O. The lowest BCUT2D eigenvalue weighted by molar-refractivity contribution is 0.0638. The number of rotatable bonds is 4. The summed E-state index contributed by atoms with van der Waals surface area (Å²) >= 11 is 0. The van der Waals surface area contributed by atoms with Crippen LogP contribution in [0.4, 0.5) is 0 Å². The number of aliphatic hydroxyl groups excluding tert-OH is 1. The maximum Gasteiger partial charge on any atom is 0.0596 e. The molecule has 1 aliphatic heterocycles. The molecule has 2 atom stereocenters. The first-order valence-corrected chi connectivity index (χ1v) is 7.59. The number of hydrogen-bond acceptors (Lipinski definition) is 3. The van der Waals surface area contributed by atoms with E-state index in [9.17, 15) is 5.11 Å². The Bertz CT molecular complexity index is 426. The molecule has 3 heteroatoms. The zero-order chi connectivity index (χ0) is 14.7. The average molecular weight is 276 g/mol. The molecule has 1 heterocycles. The largest absolute Gasteiger partial charge is 0.393 e. The molecule has 112 valence electrons.